The fourth-order valence-electron chi connectivity index (χ4n) is 3.58. The number of nitrogens with zero attached hydrogens (tertiary/aromatic N) is 3. The Morgan fingerprint density at radius 1 is 1.09 bits per heavy atom. The summed E-state index contributed by atoms with van der Waals surface area (Å²) in [6.45, 7) is 0.348. The summed E-state index contributed by atoms with van der Waals surface area (Å²) >= 11 is 0. The van der Waals surface area contributed by atoms with Crippen LogP contribution in [0.3, 0.4) is 0 Å². The fourth-order valence-corrected chi connectivity index (χ4v) is 3.58. The van der Waals surface area contributed by atoms with Gasteiger partial charge in [0.25, 0.3) is 5.69 Å². The first-order chi connectivity index (χ1) is 15.9. The Balaban J connectivity index is 1.82. The van der Waals surface area contributed by atoms with Crippen molar-refractivity contribution in [1.82, 2.24) is 4.57 Å². The zero-order chi connectivity index (χ0) is 23.5. The largest absolute Gasteiger partial charge is 0.478 e. The molecule has 0 unspecified atom stereocenters. The van der Waals surface area contributed by atoms with E-state index in [0.717, 1.165) is 5.56 Å². The summed E-state index contributed by atoms with van der Waals surface area (Å²) in [5.74, 6) is -1.42. The molecule has 1 heterocycles. The second-order valence-corrected chi connectivity index (χ2v) is 7.35. The lowest BCUT2D eigenvalue weighted by Crippen LogP contribution is -1.98. The van der Waals surface area contributed by atoms with Crippen LogP contribution in [0.25, 0.3) is 22.6 Å². The molecule has 4 rings (SSSR count). The van der Waals surface area contributed by atoms with Crippen molar-refractivity contribution in [3.8, 4) is 6.07 Å². The molecule has 0 aliphatic carbocycles. The van der Waals surface area contributed by atoms with E-state index in [9.17, 15) is 24.6 Å². The maximum absolute atomic E-state index is 13.3. The lowest BCUT2D eigenvalue weighted by molar-refractivity contribution is -0.384. The van der Waals surface area contributed by atoms with E-state index in [1.54, 1.807) is 42.6 Å². The molecule has 3 aromatic carbocycles. The molecule has 0 bridgehead atoms. The van der Waals surface area contributed by atoms with E-state index >= 15 is 0 Å². The highest BCUT2D eigenvalue weighted by Gasteiger charge is 2.14. The fraction of sp³-hybridized carbons (Fsp3) is 0.0400. The molecule has 7 nitrogen and oxygen atoms in total. The Labute approximate surface area is 187 Å². The number of nitriles is 1. The number of allylic oxidation sites excluding steroid dienone is 1. The van der Waals surface area contributed by atoms with Crippen LogP contribution in [0.1, 0.15) is 27.0 Å². The number of aromatic nitrogens is 1. The van der Waals surface area contributed by atoms with Gasteiger partial charge in [-0.15, -0.1) is 0 Å². The number of carboxylic acid groups (broad SMARTS) is 1. The molecule has 162 valence electrons. The SMILES string of the molecule is N#CC(=Cc1cn(Cc2ccc(F)cc2)c2cc([N+](=O)[O-])ccc12)c1ccc(C(=O)O)cc1. The van der Waals surface area contributed by atoms with Crippen molar-refractivity contribution >= 4 is 34.2 Å². The first kappa shape index (κ1) is 21.5. The molecule has 0 atom stereocenters. The van der Waals surface area contributed by atoms with Crippen molar-refractivity contribution < 1.29 is 19.2 Å². The summed E-state index contributed by atoms with van der Waals surface area (Å²) in [6, 6.07) is 18.5. The molecule has 4 aromatic rings. The van der Waals surface area contributed by atoms with Crippen LogP contribution in [0.5, 0.6) is 0 Å². The van der Waals surface area contributed by atoms with Crippen LogP contribution < -0.4 is 0 Å². The minimum absolute atomic E-state index is 0.0683. The monoisotopic (exact) mass is 441 g/mol. The average molecular weight is 441 g/mol. The molecular weight excluding hydrogens is 425 g/mol. The first-order valence-corrected chi connectivity index (χ1v) is 9.83. The van der Waals surface area contributed by atoms with Crippen LogP contribution in [0, 0.1) is 27.3 Å². The molecule has 1 aromatic heterocycles. The second kappa shape index (κ2) is 8.77. The molecule has 1 N–H and O–H groups in total. The van der Waals surface area contributed by atoms with E-state index in [1.165, 1.54) is 36.4 Å². The Morgan fingerprint density at radius 2 is 1.76 bits per heavy atom. The number of aromatic carboxylic acids is 1. The number of benzene rings is 3. The maximum Gasteiger partial charge on any atom is 0.335 e. The third kappa shape index (κ3) is 4.48. The number of halogens is 1. The first-order valence-electron chi connectivity index (χ1n) is 9.83. The summed E-state index contributed by atoms with van der Waals surface area (Å²) in [6.07, 6.45) is 3.44. The average Bonchev–Trinajstić information content (AvgIpc) is 3.15. The minimum Gasteiger partial charge on any atom is -0.478 e. The van der Waals surface area contributed by atoms with Crippen molar-refractivity contribution in [3.63, 3.8) is 0 Å². The van der Waals surface area contributed by atoms with Gasteiger partial charge in [-0.05, 0) is 47.5 Å². The molecule has 8 heteroatoms. The van der Waals surface area contributed by atoms with E-state index in [-0.39, 0.29) is 17.1 Å². The Bertz CT molecular complexity index is 1450. The highest BCUT2D eigenvalue weighted by molar-refractivity contribution is 5.99. The summed E-state index contributed by atoms with van der Waals surface area (Å²) in [5, 5.41) is 30.8. The Kier molecular flexibility index (Phi) is 5.70. The van der Waals surface area contributed by atoms with E-state index < -0.39 is 10.9 Å². The molecule has 33 heavy (non-hydrogen) atoms. The number of carbonyl (C=O) groups is 1. The number of nitro benzene ring substituents is 1. The lowest BCUT2D eigenvalue weighted by atomic mass is 10.0. The predicted octanol–water partition coefficient (Wildman–Crippen LogP) is 5.50. The van der Waals surface area contributed by atoms with Gasteiger partial charge in [-0.25, -0.2) is 9.18 Å². The van der Waals surface area contributed by atoms with Gasteiger partial charge >= 0.3 is 5.97 Å². The van der Waals surface area contributed by atoms with Crippen molar-refractivity contribution in [2.24, 2.45) is 0 Å². The molecule has 0 aliphatic rings. The van der Waals surface area contributed by atoms with Gasteiger partial charge in [0.05, 0.1) is 27.6 Å². The van der Waals surface area contributed by atoms with Gasteiger partial charge in [-0.1, -0.05) is 24.3 Å². The molecule has 0 saturated carbocycles. The topological polar surface area (TPSA) is 109 Å². The molecule has 0 amide bonds. The zero-order valence-corrected chi connectivity index (χ0v) is 17.1. The Hall–Kier alpha value is -4.77. The van der Waals surface area contributed by atoms with E-state index in [0.29, 0.717) is 34.1 Å². The summed E-state index contributed by atoms with van der Waals surface area (Å²) in [4.78, 5) is 21.9. The number of rotatable bonds is 6. The third-order valence-electron chi connectivity index (χ3n) is 5.24. The highest BCUT2D eigenvalue weighted by atomic mass is 19.1. The highest BCUT2D eigenvalue weighted by Crippen LogP contribution is 2.30. The van der Waals surface area contributed by atoms with Crippen LogP contribution >= 0.6 is 0 Å². The van der Waals surface area contributed by atoms with Gasteiger partial charge in [0.15, 0.2) is 0 Å². The van der Waals surface area contributed by atoms with Gasteiger partial charge < -0.3 is 9.67 Å². The molecule has 0 radical (unpaired) electrons. The summed E-state index contributed by atoms with van der Waals surface area (Å²) in [7, 11) is 0. The van der Waals surface area contributed by atoms with Gasteiger partial charge in [0.1, 0.15) is 5.82 Å². The number of carboxylic acids is 1. The van der Waals surface area contributed by atoms with E-state index in [4.69, 9.17) is 5.11 Å². The van der Waals surface area contributed by atoms with Crippen LogP contribution in [0.2, 0.25) is 0 Å². The molecular formula is C25H16FN3O4. The predicted molar refractivity (Wildman–Crippen MR) is 121 cm³/mol. The third-order valence-corrected chi connectivity index (χ3v) is 5.24. The second-order valence-electron chi connectivity index (χ2n) is 7.35. The summed E-state index contributed by atoms with van der Waals surface area (Å²) < 4.78 is 15.1. The van der Waals surface area contributed by atoms with Gasteiger partial charge in [-0.3, -0.25) is 10.1 Å². The maximum atomic E-state index is 13.3. The smallest absolute Gasteiger partial charge is 0.335 e. The molecule has 0 fully saturated rings. The van der Waals surface area contributed by atoms with Gasteiger partial charge in [0, 0.05) is 35.8 Å². The van der Waals surface area contributed by atoms with Crippen molar-refractivity contribution in [3.05, 3.63) is 111 Å². The van der Waals surface area contributed by atoms with Gasteiger partial charge in [-0.2, -0.15) is 5.26 Å². The van der Waals surface area contributed by atoms with Crippen molar-refractivity contribution in [2.45, 2.75) is 6.54 Å². The van der Waals surface area contributed by atoms with E-state index in [1.807, 2.05) is 4.57 Å². The Morgan fingerprint density at radius 3 is 2.36 bits per heavy atom. The van der Waals surface area contributed by atoms with Crippen molar-refractivity contribution in [1.29, 1.82) is 5.26 Å². The summed E-state index contributed by atoms with van der Waals surface area (Å²) in [5.41, 5.74) is 2.97. The van der Waals surface area contributed by atoms with Gasteiger partial charge in [0.2, 0.25) is 0 Å². The van der Waals surface area contributed by atoms with E-state index in [2.05, 4.69) is 6.07 Å². The number of nitro groups is 1. The lowest BCUT2D eigenvalue weighted by Gasteiger charge is -2.05. The number of non-ortho nitro benzene ring substituents is 1. The van der Waals surface area contributed by atoms with Crippen LogP contribution in [-0.2, 0) is 6.54 Å². The zero-order valence-electron chi connectivity index (χ0n) is 17.1. The number of hydrogen-bond acceptors (Lipinski definition) is 4. The van der Waals surface area contributed by atoms with Crippen LogP contribution in [-0.4, -0.2) is 20.6 Å². The standard InChI is InChI=1S/C25H16FN3O4/c26-21-7-1-16(2-8-21)14-28-15-20(23-10-9-22(29(32)33)12-24(23)28)11-19(13-27)17-3-5-18(6-4-17)25(30)31/h1-12,15H,14H2,(H,30,31). The quantitative estimate of drug-likeness (QED) is 0.241. The van der Waals surface area contributed by atoms with Crippen molar-refractivity contribution in [2.75, 3.05) is 0 Å². The number of hydrogen-bond donors (Lipinski definition) is 1. The van der Waals surface area contributed by atoms with Crippen LogP contribution in [0.4, 0.5) is 10.1 Å². The van der Waals surface area contributed by atoms with Crippen LogP contribution in [0.15, 0.2) is 72.9 Å². The number of fused-ring (bicyclic) bond motifs is 1. The normalized spacial score (nSPS) is 11.3. The molecule has 0 spiro atoms. The molecule has 0 saturated heterocycles. The minimum atomic E-state index is -1.06. The molecule has 0 aliphatic heterocycles.